The molecule has 0 aromatic heterocycles. The van der Waals surface area contributed by atoms with Crippen LogP contribution >= 0.6 is 0 Å². The van der Waals surface area contributed by atoms with Crippen LogP contribution in [-0.4, -0.2) is 50.2 Å². The van der Waals surface area contributed by atoms with Crippen LogP contribution in [0.4, 0.5) is 0 Å². The molecule has 1 saturated heterocycles. The topological polar surface area (TPSA) is 41.6 Å². The van der Waals surface area contributed by atoms with E-state index in [9.17, 15) is 4.79 Å². The van der Waals surface area contributed by atoms with Crippen LogP contribution < -0.4 is 5.32 Å². The van der Waals surface area contributed by atoms with E-state index in [1.54, 1.807) is 0 Å². The molecule has 1 aliphatic rings. The lowest BCUT2D eigenvalue weighted by molar-refractivity contribution is -0.0124. The van der Waals surface area contributed by atoms with Crippen molar-refractivity contribution >= 4 is 5.91 Å². The fourth-order valence-electron chi connectivity index (χ4n) is 2.38. The van der Waals surface area contributed by atoms with E-state index >= 15 is 0 Å². The number of likely N-dealkylation sites (N-methyl/N-ethyl adjacent to an activating group) is 1. The lowest BCUT2D eigenvalue weighted by atomic mass is 10.0. The molecule has 0 saturated carbocycles. The number of carbonyl (C=O) groups is 1. The average molecular weight is 262 g/mol. The smallest absolute Gasteiger partial charge is 0.254 e. The third-order valence-electron chi connectivity index (χ3n) is 3.42. The average Bonchev–Trinajstić information content (AvgIpc) is 2.44. The van der Waals surface area contributed by atoms with Crippen molar-refractivity contribution < 1.29 is 9.53 Å². The van der Waals surface area contributed by atoms with E-state index in [0.29, 0.717) is 19.7 Å². The Morgan fingerprint density at radius 1 is 1.47 bits per heavy atom. The third-order valence-corrected chi connectivity index (χ3v) is 3.42. The highest BCUT2D eigenvalue weighted by atomic mass is 16.5. The van der Waals surface area contributed by atoms with Gasteiger partial charge in [-0.2, -0.15) is 0 Å². The summed E-state index contributed by atoms with van der Waals surface area (Å²) in [6.45, 7) is 4.88. The van der Waals surface area contributed by atoms with Crippen molar-refractivity contribution in [3.63, 3.8) is 0 Å². The van der Waals surface area contributed by atoms with Gasteiger partial charge in [-0.3, -0.25) is 4.79 Å². The molecule has 0 bridgehead atoms. The van der Waals surface area contributed by atoms with Crippen molar-refractivity contribution in [3.8, 4) is 0 Å². The normalized spacial score (nSPS) is 19.5. The molecule has 1 heterocycles. The van der Waals surface area contributed by atoms with Crippen LogP contribution in [0, 0.1) is 0 Å². The van der Waals surface area contributed by atoms with Crippen LogP contribution in [0.15, 0.2) is 24.3 Å². The van der Waals surface area contributed by atoms with Crippen LogP contribution in [0.2, 0.25) is 0 Å². The number of rotatable bonds is 4. The Labute approximate surface area is 114 Å². The number of ether oxygens (including phenoxy) is 1. The molecule has 1 atom stereocenters. The third kappa shape index (κ3) is 3.55. The Morgan fingerprint density at radius 2 is 2.26 bits per heavy atom. The minimum atomic E-state index is 0.127. The lowest BCUT2D eigenvalue weighted by Crippen LogP contribution is -2.44. The quantitative estimate of drug-likeness (QED) is 0.889. The van der Waals surface area contributed by atoms with E-state index in [0.717, 1.165) is 24.1 Å². The first kappa shape index (κ1) is 14.0. The largest absolute Gasteiger partial charge is 0.375 e. The fraction of sp³-hybridized carbons (Fsp3) is 0.533. The van der Waals surface area contributed by atoms with Crippen LogP contribution in [0.25, 0.3) is 0 Å². The number of benzene rings is 1. The van der Waals surface area contributed by atoms with E-state index in [1.165, 1.54) is 0 Å². The minimum absolute atomic E-state index is 0.127. The summed E-state index contributed by atoms with van der Waals surface area (Å²) in [6.07, 6.45) is 1.00. The Kier molecular flexibility index (Phi) is 4.93. The second-order valence-corrected chi connectivity index (χ2v) is 4.94. The zero-order chi connectivity index (χ0) is 13.7. The molecule has 1 aromatic rings. The molecule has 0 aliphatic carbocycles. The highest BCUT2D eigenvalue weighted by Gasteiger charge is 2.23. The van der Waals surface area contributed by atoms with E-state index in [-0.39, 0.29) is 12.0 Å². The maximum atomic E-state index is 12.6. The predicted molar refractivity (Wildman–Crippen MR) is 75.4 cm³/mol. The number of amides is 1. The summed E-state index contributed by atoms with van der Waals surface area (Å²) in [5.74, 6) is 0.127. The molecule has 4 heteroatoms. The zero-order valence-electron chi connectivity index (χ0n) is 11.7. The molecule has 1 aromatic carbocycles. The van der Waals surface area contributed by atoms with E-state index in [4.69, 9.17) is 4.74 Å². The molecule has 4 nitrogen and oxygen atoms in total. The van der Waals surface area contributed by atoms with Crippen molar-refractivity contribution in [2.24, 2.45) is 0 Å². The van der Waals surface area contributed by atoms with Gasteiger partial charge in [-0.1, -0.05) is 18.2 Å². The predicted octanol–water partition coefficient (Wildman–Crippen LogP) is 1.31. The Balaban J connectivity index is 2.13. The maximum Gasteiger partial charge on any atom is 0.254 e. The first-order valence-electron chi connectivity index (χ1n) is 6.85. The van der Waals surface area contributed by atoms with Crippen molar-refractivity contribution in [1.82, 2.24) is 10.2 Å². The molecule has 1 N–H and O–H groups in total. The summed E-state index contributed by atoms with van der Waals surface area (Å²) < 4.78 is 5.49. The van der Waals surface area contributed by atoms with Crippen LogP contribution in [-0.2, 0) is 11.2 Å². The van der Waals surface area contributed by atoms with Gasteiger partial charge in [-0.05, 0) is 38.6 Å². The van der Waals surface area contributed by atoms with Crippen molar-refractivity contribution in [3.05, 3.63) is 35.4 Å². The highest BCUT2D eigenvalue weighted by Crippen LogP contribution is 2.15. The SMILES string of the molecule is CNCCc1ccccc1C(=O)N1CCO[C@H](C)C1. The first-order valence-corrected chi connectivity index (χ1v) is 6.85. The van der Waals surface area contributed by atoms with Gasteiger partial charge in [0.25, 0.3) is 5.91 Å². The minimum Gasteiger partial charge on any atom is -0.375 e. The molecule has 104 valence electrons. The second-order valence-electron chi connectivity index (χ2n) is 4.94. The number of hydrogen-bond acceptors (Lipinski definition) is 3. The molecule has 1 amide bonds. The number of hydrogen-bond donors (Lipinski definition) is 1. The van der Waals surface area contributed by atoms with Gasteiger partial charge >= 0.3 is 0 Å². The van der Waals surface area contributed by atoms with Gasteiger partial charge in [0.1, 0.15) is 0 Å². The van der Waals surface area contributed by atoms with Gasteiger partial charge in [-0.15, -0.1) is 0 Å². The van der Waals surface area contributed by atoms with Gasteiger partial charge in [0.05, 0.1) is 12.7 Å². The zero-order valence-corrected chi connectivity index (χ0v) is 11.7. The van der Waals surface area contributed by atoms with Gasteiger partial charge in [0.2, 0.25) is 0 Å². The highest BCUT2D eigenvalue weighted by molar-refractivity contribution is 5.95. The molecule has 19 heavy (non-hydrogen) atoms. The van der Waals surface area contributed by atoms with Gasteiger partial charge in [0.15, 0.2) is 0 Å². The molecule has 0 unspecified atom stereocenters. The van der Waals surface area contributed by atoms with Crippen molar-refractivity contribution in [2.45, 2.75) is 19.4 Å². The molecule has 1 fully saturated rings. The van der Waals surface area contributed by atoms with E-state index in [2.05, 4.69) is 5.32 Å². The summed E-state index contributed by atoms with van der Waals surface area (Å²) in [5.41, 5.74) is 1.94. The van der Waals surface area contributed by atoms with Gasteiger partial charge in [0, 0.05) is 18.7 Å². The Morgan fingerprint density at radius 3 is 3.00 bits per heavy atom. The Bertz CT molecular complexity index is 434. The second kappa shape index (κ2) is 6.68. The van der Waals surface area contributed by atoms with Crippen LogP contribution in [0.3, 0.4) is 0 Å². The van der Waals surface area contributed by atoms with Crippen molar-refractivity contribution in [1.29, 1.82) is 0 Å². The monoisotopic (exact) mass is 262 g/mol. The molecule has 1 aliphatic heterocycles. The summed E-state index contributed by atoms with van der Waals surface area (Å²) in [7, 11) is 1.92. The summed E-state index contributed by atoms with van der Waals surface area (Å²) >= 11 is 0. The van der Waals surface area contributed by atoms with Gasteiger partial charge < -0.3 is 15.0 Å². The molecule has 2 rings (SSSR count). The van der Waals surface area contributed by atoms with Gasteiger partial charge in [-0.25, -0.2) is 0 Å². The van der Waals surface area contributed by atoms with Crippen molar-refractivity contribution in [2.75, 3.05) is 33.3 Å². The number of morpholine rings is 1. The summed E-state index contributed by atoms with van der Waals surface area (Å²) in [6, 6.07) is 7.88. The molecular formula is C15H22N2O2. The maximum absolute atomic E-state index is 12.6. The number of carbonyl (C=O) groups excluding carboxylic acids is 1. The summed E-state index contributed by atoms with van der Waals surface area (Å²) in [4.78, 5) is 14.5. The van der Waals surface area contributed by atoms with Crippen LogP contribution in [0.5, 0.6) is 0 Å². The van der Waals surface area contributed by atoms with E-state index < -0.39 is 0 Å². The molecule has 0 spiro atoms. The van der Waals surface area contributed by atoms with Crippen LogP contribution in [0.1, 0.15) is 22.8 Å². The number of nitrogens with one attached hydrogen (secondary N) is 1. The first-order chi connectivity index (χ1) is 9.22. The fourth-order valence-corrected chi connectivity index (χ4v) is 2.38. The lowest BCUT2D eigenvalue weighted by Gasteiger charge is -2.31. The standard InChI is InChI=1S/C15H22N2O2/c1-12-11-17(9-10-19-12)15(18)14-6-4-3-5-13(14)7-8-16-2/h3-6,12,16H,7-11H2,1-2H3/t12-/m1/s1. The van der Waals surface area contributed by atoms with E-state index in [1.807, 2.05) is 43.1 Å². The Hall–Kier alpha value is -1.39. The summed E-state index contributed by atoms with van der Waals surface area (Å²) in [5, 5.41) is 3.12. The molecule has 0 radical (unpaired) electrons. The number of nitrogens with zero attached hydrogens (tertiary/aromatic N) is 1. The molecular weight excluding hydrogens is 240 g/mol.